The first-order valence-corrected chi connectivity index (χ1v) is 10.3. The molecule has 2 aromatic heterocycles. The van der Waals surface area contributed by atoms with Gasteiger partial charge in [-0.2, -0.15) is 9.98 Å². The summed E-state index contributed by atoms with van der Waals surface area (Å²) in [6, 6.07) is 0. The first kappa shape index (κ1) is 28.9. The van der Waals surface area contributed by atoms with Crippen LogP contribution < -0.4 is 44.2 Å². The second-order valence-electron chi connectivity index (χ2n) is 6.74. The lowest BCUT2D eigenvalue weighted by Gasteiger charge is -2.17. The predicted molar refractivity (Wildman–Crippen MR) is 136 cm³/mol. The predicted octanol–water partition coefficient (Wildman–Crippen LogP) is -1.23. The van der Waals surface area contributed by atoms with Crippen molar-refractivity contribution in [2.24, 2.45) is 32.9 Å². The summed E-state index contributed by atoms with van der Waals surface area (Å²) >= 11 is 11.8. The molecule has 0 aromatic carbocycles. The molecule has 0 radical (unpaired) electrons. The largest absolute Gasteiger partial charge is 0.382 e. The van der Waals surface area contributed by atoms with E-state index in [9.17, 15) is 9.59 Å². The molecule has 0 aliphatic carbocycles. The Hall–Kier alpha value is -4.18. The number of nitrogen functional groups attached to an aromatic ring is 2. The summed E-state index contributed by atoms with van der Waals surface area (Å²) in [5.74, 6) is -1.77. The zero-order valence-corrected chi connectivity index (χ0v) is 20.8. The van der Waals surface area contributed by atoms with E-state index < -0.39 is 11.8 Å². The lowest BCUT2D eigenvalue weighted by atomic mass is 10.4. The number of guanidine groups is 2. The van der Waals surface area contributed by atoms with Crippen molar-refractivity contribution < 1.29 is 9.59 Å². The number of nitrogens with zero attached hydrogens (tertiary/aromatic N) is 8. The summed E-state index contributed by atoms with van der Waals surface area (Å²) in [7, 11) is 5.20. The molecule has 35 heavy (non-hydrogen) atoms. The summed E-state index contributed by atoms with van der Waals surface area (Å²) in [6.45, 7) is 2.57. The first-order valence-electron chi connectivity index (χ1n) is 9.51. The third kappa shape index (κ3) is 7.97. The number of hydrogen-bond acceptors (Lipinski definition) is 10. The highest BCUT2D eigenvalue weighted by atomic mass is 35.5. The van der Waals surface area contributed by atoms with Crippen molar-refractivity contribution in [3.63, 3.8) is 0 Å². The lowest BCUT2D eigenvalue weighted by Crippen LogP contribution is -2.25. The minimum Gasteiger partial charge on any atom is -0.382 e. The highest BCUT2D eigenvalue weighted by Crippen LogP contribution is 2.24. The molecule has 0 saturated heterocycles. The van der Waals surface area contributed by atoms with Crippen molar-refractivity contribution in [1.29, 1.82) is 0 Å². The fraction of sp³-hybridized carbons (Fsp3) is 0.294. The molecule has 2 aromatic rings. The van der Waals surface area contributed by atoms with Crippen LogP contribution in [0.4, 0.5) is 23.3 Å². The molecule has 16 nitrogen and oxygen atoms in total. The van der Waals surface area contributed by atoms with E-state index in [1.807, 2.05) is 6.92 Å². The smallest absolute Gasteiger partial charge is 0.302 e. The van der Waals surface area contributed by atoms with Gasteiger partial charge in [-0.05, 0) is 6.92 Å². The molecule has 12 N–H and O–H groups in total. The summed E-state index contributed by atoms with van der Waals surface area (Å²) < 4.78 is 0. The molecule has 0 bridgehead atoms. The fourth-order valence-electron chi connectivity index (χ4n) is 2.17. The number of carbonyl (C=O) groups is 2. The molecule has 2 amide bonds. The van der Waals surface area contributed by atoms with Gasteiger partial charge in [0.15, 0.2) is 56.9 Å². The zero-order chi connectivity index (χ0) is 27.0. The van der Waals surface area contributed by atoms with Crippen LogP contribution in [0.2, 0.25) is 10.3 Å². The van der Waals surface area contributed by atoms with Crippen LogP contribution in [0, 0.1) is 0 Å². The maximum atomic E-state index is 11.6. The molecule has 0 aliphatic rings. The normalized spacial score (nSPS) is 9.89. The maximum absolute atomic E-state index is 11.6. The molecule has 2 heterocycles. The number of carbonyl (C=O) groups excluding carboxylic acids is 2. The van der Waals surface area contributed by atoms with E-state index in [0.29, 0.717) is 18.2 Å². The van der Waals surface area contributed by atoms with E-state index in [1.165, 1.54) is 0 Å². The number of hydrogen-bond donors (Lipinski definition) is 6. The zero-order valence-electron chi connectivity index (χ0n) is 19.3. The van der Waals surface area contributed by atoms with Gasteiger partial charge in [0.05, 0.1) is 0 Å². The molecule has 2 rings (SSSR count). The SMILES string of the molecule is CCN(C)c1nc(N)c(C(=O)N=C(N)N)nc1Cl.CN(C)c1nc(N)c(C(=O)N=C(N)N)nc1Cl. The molecular weight excluding hydrogens is 503 g/mol. The van der Waals surface area contributed by atoms with Crippen molar-refractivity contribution in [1.82, 2.24) is 19.9 Å². The Bertz CT molecular complexity index is 1160. The van der Waals surface area contributed by atoms with Gasteiger partial charge in [0.2, 0.25) is 0 Å². The topological polar surface area (TPSA) is 273 Å². The first-order chi connectivity index (χ1) is 16.2. The Morgan fingerprint density at radius 1 is 0.771 bits per heavy atom. The molecule has 0 atom stereocenters. The standard InChI is InChI=1S/C9H14ClN7O.C8H12ClN7O/c1-3-17(2)7-5(10)14-4(6(11)15-7)8(18)16-9(12)13;1-16(2)6-4(9)13-3(5(10)14-6)7(17)15-8(11)12/h3H2,1-2H3,(H2,11,15)(H4,12,13,16,18);1-2H3,(H2,10,14)(H4,11,12,15,17). The van der Waals surface area contributed by atoms with Crippen LogP contribution in [0.3, 0.4) is 0 Å². The van der Waals surface area contributed by atoms with Crippen LogP contribution in [0.5, 0.6) is 0 Å². The van der Waals surface area contributed by atoms with Gasteiger partial charge in [0.1, 0.15) is 0 Å². The van der Waals surface area contributed by atoms with Gasteiger partial charge >= 0.3 is 11.8 Å². The van der Waals surface area contributed by atoms with E-state index in [0.717, 1.165) is 0 Å². The van der Waals surface area contributed by atoms with Gasteiger partial charge in [-0.3, -0.25) is 9.59 Å². The van der Waals surface area contributed by atoms with Crippen LogP contribution in [-0.4, -0.2) is 71.4 Å². The molecular formula is C17H26Cl2N14O2. The lowest BCUT2D eigenvalue weighted by molar-refractivity contribution is 0.0990. The van der Waals surface area contributed by atoms with Crippen LogP contribution in [0.25, 0.3) is 0 Å². The number of aromatic nitrogens is 4. The van der Waals surface area contributed by atoms with Gasteiger partial charge in [-0.25, -0.2) is 19.9 Å². The number of aliphatic imine (C=N–C) groups is 2. The third-order valence-electron chi connectivity index (χ3n) is 3.85. The van der Waals surface area contributed by atoms with Crippen molar-refractivity contribution in [2.45, 2.75) is 6.92 Å². The Balaban J connectivity index is 0.000000351. The van der Waals surface area contributed by atoms with Crippen LogP contribution in [0.15, 0.2) is 9.98 Å². The average molecular weight is 529 g/mol. The summed E-state index contributed by atoms with van der Waals surface area (Å²) in [4.78, 5) is 48.7. The number of halogens is 2. The number of rotatable bonds is 5. The number of amides is 2. The Morgan fingerprint density at radius 3 is 1.49 bits per heavy atom. The second kappa shape index (κ2) is 12.3. The highest BCUT2D eigenvalue weighted by Gasteiger charge is 2.19. The minimum atomic E-state index is -0.790. The third-order valence-corrected chi connectivity index (χ3v) is 4.36. The second-order valence-corrected chi connectivity index (χ2v) is 7.45. The van der Waals surface area contributed by atoms with Gasteiger partial charge in [0, 0.05) is 27.7 Å². The number of nitrogens with two attached hydrogens (primary N) is 6. The van der Waals surface area contributed by atoms with E-state index in [1.54, 1.807) is 30.9 Å². The Morgan fingerprint density at radius 2 is 1.14 bits per heavy atom. The van der Waals surface area contributed by atoms with Gasteiger partial charge in [-0.1, -0.05) is 23.2 Å². The van der Waals surface area contributed by atoms with Gasteiger partial charge < -0.3 is 44.2 Å². The maximum Gasteiger partial charge on any atom is 0.302 e. The fourth-order valence-corrected chi connectivity index (χ4v) is 2.74. The molecule has 0 unspecified atom stereocenters. The quantitative estimate of drug-likeness (QED) is 0.196. The summed E-state index contributed by atoms with van der Waals surface area (Å²) in [5.41, 5.74) is 31.2. The van der Waals surface area contributed by atoms with Crippen molar-refractivity contribution >= 4 is 70.2 Å². The van der Waals surface area contributed by atoms with Crippen LogP contribution in [-0.2, 0) is 0 Å². The Kier molecular flexibility index (Phi) is 10.2. The summed E-state index contributed by atoms with van der Waals surface area (Å²) in [5, 5.41) is 0.0982. The van der Waals surface area contributed by atoms with E-state index >= 15 is 0 Å². The van der Waals surface area contributed by atoms with E-state index in [4.69, 9.17) is 57.6 Å². The molecule has 0 fully saturated rings. The molecule has 190 valence electrons. The van der Waals surface area contributed by atoms with Gasteiger partial charge in [-0.15, -0.1) is 0 Å². The molecule has 18 heteroatoms. The average Bonchev–Trinajstić information content (AvgIpc) is 2.74. The Labute approximate surface area is 210 Å². The van der Waals surface area contributed by atoms with E-state index in [-0.39, 0.29) is 45.2 Å². The van der Waals surface area contributed by atoms with E-state index in [2.05, 4.69) is 29.9 Å². The van der Waals surface area contributed by atoms with Crippen molar-refractivity contribution in [3.05, 3.63) is 21.7 Å². The summed E-state index contributed by atoms with van der Waals surface area (Å²) in [6.07, 6.45) is 0. The monoisotopic (exact) mass is 528 g/mol. The molecule has 0 spiro atoms. The molecule has 0 aliphatic heterocycles. The minimum absolute atomic E-state index is 0.0401. The number of anilines is 4. The van der Waals surface area contributed by atoms with Crippen molar-refractivity contribution in [2.75, 3.05) is 49.0 Å². The van der Waals surface area contributed by atoms with Crippen LogP contribution in [0.1, 0.15) is 27.9 Å². The van der Waals surface area contributed by atoms with Crippen LogP contribution >= 0.6 is 23.2 Å². The molecule has 0 saturated carbocycles. The highest BCUT2D eigenvalue weighted by molar-refractivity contribution is 6.32. The van der Waals surface area contributed by atoms with Gasteiger partial charge in [0.25, 0.3) is 0 Å². The van der Waals surface area contributed by atoms with Crippen molar-refractivity contribution in [3.8, 4) is 0 Å².